The van der Waals surface area contributed by atoms with Crippen LogP contribution in [-0.4, -0.2) is 30.7 Å². The van der Waals surface area contributed by atoms with Crippen molar-refractivity contribution in [1.82, 2.24) is 4.90 Å². The molecule has 19 heavy (non-hydrogen) atoms. The van der Waals surface area contributed by atoms with E-state index >= 15 is 0 Å². The lowest BCUT2D eigenvalue weighted by atomic mass is 10.0. The highest BCUT2D eigenvalue weighted by Crippen LogP contribution is 2.29. The molecule has 2 nitrogen and oxygen atoms in total. The molecule has 0 atom stereocenters. The van der Waals surface area contributed by atoms with Crippen LogP contribution >= 0.6 is 11.3 Å². The van der Waals surface area contributed by atoms with Crippen LogP contribution in [0.25, 0.3) is 11.1 Å². The topological polar surface area (TPSA) is 23.5 Å². The molecule has 0 aliphatic carbocycles. The van der Waals surface area contributed by atoms with Crippen LogP contribution in [0.4, 0.5) is 4.39 Å². The first-order chi connectivity index (χ1) is 9.11. The van der Waals surface area contributed by atoms with Gasteiger partial charge in [0.15, 0.2) is 0 Å². The summed E-state index contributed by atoms with van der Waals surface area (Å²) >= 11 is 1.58. The fourth-order valence-corrected chi connectivity index (χ4v) is 2.98. The van der Waals surface area contributed by atoms with Crippen LogP contribution in [0.2, 0.25) is 0 Å². The summed E-state index contributed by atoms with van der Waals surface area (Å²) in [6, 6.07) is 5.37. The van der Waals surface area contributed by atoms with Crippen LogP contribution in [0.1, 0.15) is 11.1 Å². The zero-order valence-corrected chi connectivity index (χ0v) is 12.0. The zero-order chi connectivity index (χ0) is 13.8. The SMILES string of the molecule is CN(C)Cc1ccc(-c2cscc2CCO)cc1F. The van der Waals surface area contributed by atoms with Crippen LogP contribution in [-0.2, 0) is 13.0 Å². The molecule has 0 amide bonds. The van der Waals surface area contributed by atoms with E-state index < -0.39 is 0 Å². The molecule has 0 unspecified atom stereocenters. The van der Waals surface area contributed by atoms with Gasteiger partial charge in [0.2, 0.25) is 0 Å². The number of aliphatic hydroxyl groups excluding tert-OH is 1. The number of halogens is 1. The maximum absolute atomic E-state index is 14.0. The monoisotopic (exact) mass is 279 g/mol. The van der Waals surface area contributed by atoms with Crippen LogP contribution in [0, 0.1) is 5.82 Å². The van der Waals surface area contributed by atoms with Gasteiger partial charge in [0.05, 0.1) is 0 Å². The fraction of sp³-hybridized carbons (Fsp3) is 0.333. The quantitative estimate of drug-likeness (QED) is 0.909. The molecule has 0 fully saturated rings. The third-order valence-electron chi connectivity index (χ3n) is 2.97. The molecule has 0 aliphatic rings. The Balaban J connectivity index is 2.31. The van der Waals surface area contributed by atoms with Gasteiger partial charge in [-0.3, -0.25) is 0 Å². The molecule has 2 rings (SSSR count). The van der Waals surface area contributed by atoms with Crippen molar-refractivity contribution in [2.24, 2.45) is 0 Å². The predicted molar refractivity (Wildman–Crippen MR) is 77.9 cm³/mol. The van der Waals surface area contributed by atoms with E-state index in [1.165, 1.54) is 0 Å². The molecule has 1 aromatic carbocycles. The van der Waals surface area contributed by atoms with E-state index in [0.29, 0.717) is 18.5 Å². The number of benzene rings is 1. The molecule has 2 aromatic rings. The second kappa shape index (κ2) is 6.28. The van der Waals surface area contributed by atoms with E-state index in [1.54, 1.807) is 17.4 Å². The smallest absolute Gasteiger partial charge is 0.128 e. The van der Waals surface area contributed by atoms with Gasteiger partial charge in [-0.15, -0.1) is 0 Å². The molecule has 4 heteroatoms. The first-order valence-electron chi connectivity index (χ1n) is 6.21. The summed E-state index contributed by atoms with van der Waals surface area (Å²) in [7, 11) is 3.84. The third-order valence-corrected chi connectivity index (χ3v) is 3.77. The van der Waals surface area contributed by atoms with Gasteiger partial charge in [0.25, 0.3) is 0 Å². The van der Waals surface area contributed by atoms with Crippen LogP contribution in [0.15, 0.2) is 29.0 Å². The first-order valence-corrected chi connectivity index (χ1v) is 7.15. The second-order valence-electron chi connectivity index (χ2n) is 4.83. The van der Waals surface area contributed by atoms with Crippen molar-refractivity contribution >= 4 is 11.3 Å². The largest absolute Gasteiger partial charge is 0.396 e. The van der Waals surface area contributed by atoms with Crippen molar-refractivity contribution in [3.8, 4) is 11.1 Å². The lowest BCUT2D eigenvalue weighted by Gasteiger charge is -2.11. The number of aliphatic hydroxyl groups is 1. The minimum absolute atomic E-state index is 0.116. The normalized spacial score (nSPS) is 11.2. The van der Waals surface area contributed by atoms with E-state index in [1.807, 2.05) is 41.9 Å². The second-order valence-corrected chi connectivity index (χ2v) is 5.57. The Kier molecular flexibility index (Phi) is 4.69. The Bertz CT molecular complexity index is 551. The molecule has 1 heterocycles. The highest BCUT2D eigenvalue weighted by molar-refractivity contribution is 7.08. The van der Waals surface area contributed by atoms with Gasteiger partial charge in [-0.25, -0.2) is 4.39 Å². The first kappa shape index (κ1) is 14.2. The lowest BCUT2D eigenvalue weighted by Crippen LogP contribution is -2.11. The maximum atomic E-state index is 14.0. The van der Waals surface area contributed by atoms with Crippen LogP contribution in [0.5, 0.6) is 0 Å². The van der Waals surface area contributed by atoms with Crippen molar-refractivity contribution in [2.75, 3.05) is 20.7 Å². The van der Waals surface area contributed by atoms with Crippen molar-refractivity contribution in [2.45, 2.75) is 13.0 Å². The molecule has 0 radical (unpaired) electrons. The third kappa shape index (κ3) is 3.41. The minimum atomic E-state index is -0.174. The summed E-state index contributed by atoms with van der Waals surface area (Å²) in [5, 5.41) is 13.0. The molecule has 0 saturated heterocycles. The van der Waals surface area contributed by atoms with Gasteiger partial charge in [-0.05, 0) is 54.0 Å². The summed E-state index contributed by atoms with van der Waals surface area (Å²) < 4.78 is 14.0. The Hall–Kier alpha value is -1.23. The van der Waals surface area contributed by atoms with E-state index in [2.05, 4.69) is 0 Å². The molecular formula is C15H18FNOS. The molecular weight excluding hydrogens is 261 g/mol. The molecule has 1 N–H and O–H groups in total. The molecule has 1 aromatic heterocycles. The van der Waals surface area contributed by atoms with Crippen LogP contribution < -0.4 is 0 Å². The zero-order valence-electron chi connectivity index (χ0n) is 11.2. The van der Waals surface area contributed by atoms with E-state index in [-0.39, 0.29) is 12.4 Å². The van der Waals surface area contributed by atoms with E-state index in [9.17, 15) is 4.39 Å². The Labute approximate surface area is 117 Å². The van der Waals surface area contributed by atoms with Gasteiger partial charge >= 0.3 is 0 Å². The lowest BCUT2D eigenvalue weighted by molar-refractivity contribution is 0.300. The summed E-state index contributed by atoms with van der Waals surface area (Å²) in [4.78, 5) is 1.94. The Morgan fingerprint density at radius 1 is 1.21 bits per heavy atom. The summed E-state index contributed by atoms with van der Waals surface area (Å²) in [5.41, 5.74) is 3.68. The summed E-state index contributed by atoms with van der Waals surface area (Å²) in [5.74, 6) is -0.174. The van der Waals surface area contributed by atoms with Gasteiger partial charge in [0, 0.05) is 18.7 Å². The molecule has 0 aliphatic heterocycles. The molecule has 0 saturated carbocycles. The highest BCUT2D eigenvalue weighted by atomic mass is 32.1. The van der Waals surface area contributed by atoms with Crippen molar-refractivity contribution in [1.29, 1.82) is 0 Å². The number of hydrogen-bond donors (Lipinski definition) is 1. The number of rotatable bonds is 5. The average Bonchev–Trinajstić information content (AvgIpc) is 2.80. The van der Waals surface area contributed by atoms with Crippen molar-refractivity contribution in [3.05, 3.63) is 45.9 Å². The van der Waals surface area contributed by atoms with Gasteiger partial charge < -0.3 is 10.0 Å². The van der Waals surface area contributed by atoms with Crippen LogP contribution in [0.3, 0.4) is 0 Å². The maximum Gasteiger partial charge on any atom is 0.128 e. The summed E-state index contributed by atoms with van der Waals surface area (Å²) in [6.45, 7) is 0.712. The number of thiophene rings is 1. The standard InChI is InChI=1S/C15H18FNOS/c1-17(2)8-12-4-3-11(7-15(12)16)14-10-19-9-13(14)5-6-18/h3-4,7,9-10,18H,5-6,8H2,1-2H3. The molecule has 102 valence electrons. The summed E-state index contributed by atoms with van der Waals surface area (Å²) in [6.07, 6.45) is 0.611. The number of nitrogens with zero attached hydrogens (tertiary/aromatic N) is 1. The fourth-order valence-electron chi connectivity index (χ4n) is 2.07. The van der Waals surface area contributed by atoms with E-state index in [0.717, 1.165) is 16.7 Å². The minimum Gasteiger partial charge on any atom is -0.396 e. The van der Waals surface area contributed by atoms with E-state index in [4.69, 9.17) is 5.11 Å². The molecule has 0 bridgehead atoms. The number of hydrogen-bond acceptors (Lipinski definition) is 3. The Morgan fingerprint density at radius 2 is 2.00 bits per heavy atom. The van der Waals surface area contributed by atoms with Crippen molar-refractivity contribution in [3.63, 3.8) is 0 Å². The Morgan fingerprint density at radius 3 is 2.63 bits per heavy atom. The van der Waals surface area contributed by atoms with Gasteiger partial charge in [-0.1, -0.05) is 12.1 Å². The van der Waals surface area contributed by atoms with Gasteiger partial charge in [0.1, 0.15) is 5.82 Å². The molecule has 0 spiro atoms. The highest BCUT2D eigenvalue weighted by Gasteiger charge is 2.10. The van der Waals surface area contributed by atoms with Crippen molar-refractivity contribution < 1.29 is 9.50 Å². The average molecular weight is 279 g/mol. The predicted octanol–water partition coefficient (Wildman–Crippen LogP) is 3.15. The van der Waals surface area contributed by atoms with Gasteiger partial charge in [-0.2, -0.15) is 11.3 Å².